The molecule has 1 rings (SSSR count). The van der Waals surface area contributed by atoms with Gasteiger partial charge in [-0.3, -0.25) is 0 Å². The minimum atomic E-state index is -4.12. The molecule has 0 aromatic rings. The van der Waals surface area contributed by atoms with Crippen molar-refractivity contribution in [2.24, 2.45) is 5.92 Å². The number of methoxy groups -OCH3 is 1. The molecule has 0 saturated heterocycles. The lowest BCUT2D eigenvalue weighted by molar-refractivity contribution is -0.137. The summed E-state index contributed by atoms with van der Waals surface area (Å²) in [5, 5.41) is 9.62. The third-order valence-electron chi connectivity index (χ3n) is 2.70. The van der Waals surface area contributed by atoms with Crippen molar-refractivity contribution in [3.63, 3.8) is 0 Å². The van der Waals surface area contributed by atoms with Crippen molar-refractivity contribution in [2.45, 2.75) is 50.5 Å². The first-order chi connectivity index (χ1) is 6.94. The summed E-state index contributed by atoms with van der Waals surface area (Å²) in [6.07, 6.45) is -3.84. The average molecular weight is 226 g/mol. The van der Waals surface area contributed by atoms with Gasteiger partial charge in [0.15, 0.2) is 0 Å². The first kappa shape index (κ1) is 12.8. The Bertz CT molecular complexity index is 190. The first-order valence-electron chi connectivity index (χ1n) is 5.21. The molecule has 1 aliphatic carbocycles. The van der Waals surface area contributed by atoms with Gasteiger partial charge in [-0.15, -0.1) is 0 Å². The zero-order valence-corrected chi connectivity index (χ0v) is 8.76. The van der Waals surface area contributed by atoms with E-state index in [4.69, 9.17) is 4.74 Å². The number of hydrogen-bond acceptors (Lipinski definition) is 2. The molecule has 0 heterocycles. The minimum absolute atomic E-state index is 0.0305. The highest BCUT2D eigenvalue weighted by Gasteiger charge is 2.36. The molecule has 1 aliphatic rings. The van der Waals surface area contributed by atoms with Crippen LogP contribution in [0, 0.1) is 5.92 Å². The van der Waals surface area contributed by atoms with E-state index in [1.807, 2.05) is 0 Å². The van der Waals surface area contributed by atoms with Crippen LogP contribution in [0.5, 0.6) is 0 Å². The molecule has 1 fully saturated rings. The molecule has 2 nitrogen and oxygen atoms in total. The number of ether oxygens (including phenoxy) is 1. The molecule has 0 aromatic heterocycles. The van der Waals surface area contributed by atoms with Crippen LogP contribution in [0.2, 0.25) is 0 Å². The predicted molar refractivity (Wildman–Crippen MR) is 49.4 cm³/mol. The second kappa shape index (κ2) is 5.16. The molecule has 0 bridgehead atoms. The number of aliphatic hydroxyl groups is 1. The molecule has 0 aromatic carbocycles. The molecule has 0 spiro atoms. The lowest BCUT2D eigenvalue weighted by Crippen LogP contribution is -2.30. The Kier molecular flexibility index (Phi) is 4.40. The predicted octanol–water partition coefficient (Wildman–Crippen LogP) is 2.50. The number of alkyl halides is 3. The van der Waals surface area contributed by atoms with E-state index in [1.165, 1.54) is 7.11 Å². The molecule has 0 amide bonds. The summed E-state index contributed by atoms with van der Waals surface area (Å²) in [5.41, 5.74) is 0. The van der Waals surface area contributed by atoms with Gasteiger partial charge in [-0.05, 0) is 31.6 Å². The molecular formula is C10H17F3O2. The Labute approximate surface area is 87.4 Å². The van der Waals surface area contributed by atoms with E-state index in [2.05, 4.69) is 0 Å². The third-order valence-corrected chi connectivity index (χ3v) is 2.70. The molecule has 1 N–H and O–H groups in total. The molecule has 2 unspecified atom stereocenters. The number of rotatable bonds is 6. The Hall–Kier alpha value is -0.290. The van der Waals surface area contributed by atoms with Crippen molar-refractivity contribution in [2.75, 3.05) is 7.11 Å². The van der Waals surface area contributed by atoms with Crippen molar-refractivity contribution >= 4 is 0 Å². The highest BCUT2D eigenvalue weighted by molar-refractivity contribution is 4.86. The topological polar surface area (TPSA) is 29.5 Å². The summed E-state index contributed by atoms with van der Waals surface area (Å²) in [6, 6.07) is 0. The van der Waals surface area contributed by atoms with Gasteiger partial charge in [-0.2, -0.15) is 13.2 Å². The van der Waals surface area contributed by atoms with Crippen molar-refractivity contribution in [3.05, 3.63) is 0 Å². The molecule has 5 heteroatoms. The molecule has 0 radical (unpaired) electrons. The van der Waals surface area contributed by atoms with Crippen LogP contribution in [-0.4, -0.2) is 30.6 Å². The van der Waals surface area contributed by atoms with Crippen LogP contribution in [0.1, 0.15) is 32.1 Å². The largest absolute Gasteiger partial charge is 0.390 e. The summed E-state index contributed by atoms with van der Waals surface area (Å²) in [7, 11) is 1.50. The summed E-state index contributed by atoms with van der Waals surface area (Å²) in [4.78, 5) is 0. The fourth-order valence-corrected chi connectivity index (χ4v) is 1.76. The Morgan fingerprint density at radius 1 is 1.40 bits per heavy atom. The smallest absolute Gasteiger partial charge is 0.389 e. The quantitative estimate of drug-likeness (QED) is 0.754. The maximum absolute atomic E-state index is 11.8. The lowest BCUT2D eigenvalue weighted by Gasteiger charge is -2.21. The zero-order chi connectivity index (χ0) is 11.5. The minimum Gasteiger partial charge on any atom is -0.390 e. The van der Waals surface area contributed by atoms with Gasteiger partial charge in [0.25, 0.3) is 0 Å². The maximum atomic E-state index is 11.8. The van der Waals surface area contributed by atoms with Crippen molar-refractivity contribution in [1.82, 2.24) is 0 Å². The van der Waals surface area contributed by atoms with E-state index < -0.39 is 18.7 Å². The van der Waals surface area contributed by atoms with Crippen molar-refractivity contribution in [1.29, 1.82) is 0 Å². The van der Waals surface area contributed by atoms with Gasteiger partial charge in [0.2, 0.25) is 0 Å². The van der Waals surface area contributed by atoms with Gasteiger partial charge in [0.1, 0.15) is 0 Å². The second-order valence-electron chi connectivity index (χ2n) is 4.11. The maximum Gasteiger partial charge on any atom is 0.389 e. The highest BCUT2D eigenvalue weighted by Crippen LogP contribution is 2.36. The van der Waals surface area contributed by atoms with E-state index in [1.54, 1.807) is 0 Å². The van der Waals surface area contributed by atoms with E-state index >= 15 is 0 Å². The van der Waals surface area contributed by atoms with E-state index in [9.17, 15) is 18.3 Å². The number of halogens is 3. The van der Waals surface area contributed by atoms with Crippen LogP contribution >= 0.6 is 0 Å². The summed E-state index contributed by atoms with van der Waals surface area (Å²) in [5.74, 6) is 0.343. The van der Waals surface area contributed by atoms with Crippen molar-refractivity contribution in [3.8, 4) is 0 Å². The second-order valence-corrected chi connectivity index (χ2v) is 4.11. The Morgan fingerprint density at radius 3 is 2.40 bits per heavy atom. The monoisotopic (exact) mass is 226 g/mol. The van der Waals surface area contributed by atoms with Gasteiger partial charge < -0.3 is 9.84 Å². The summed E-state index contributed by atoms with van der Waals surface area (Å²) in [6.45, 7) is 0. The standard InChI is InChI=1S/C10H17F3O2/c1-15-9(7-4-5-7)8(14)3-2-6-10(11,12)13/h7-9,14H,2-6H2,1H3. The van der Waals surface area contributed by atoms with Crippen LogP contribution in [0.4, 0.5) is 13.2 Å². The SMILES string of the molecule is COC(C(O)CCCC(F)(F)F)C1CC1. The summed E-state index contributed by atoms with van der Waals surface area (Å²) >= 11 is 0. The zero-order valence-electron chi connectivity index (χ0n) is 8.76. The normalized spacial score (nSPS) is 21.4. The van der Waals surface area contributed by atoms with E-state index in [-0.39, 0.29) is 18.9 Å². The molecule has 90 valence electrons. The van der Waals surface area contributed by atoms with Gasteiger partial charge in [-0.25, -0.2) is 0 Å². The summed E-state index contributed by atoms with van der Waals surface area (Å²) < 4.78 is 40.6. The van der Waals surface area contributed by atoms with Gasteiger partial charge in [-0.1, -0.05) is 0 Å². The lowest BCUT2D eigenvalue weighted by atomic mass is 10.0. The molecule has 2 atom stereocenters. The van der Waals surface area contributed by atoms with E-state index in [0.29, 0.717) is 5.92 Å². The number of aliphatic hydroxyl groups excluding tert-OH is 1. The molecule has 1 saturated carbocycles. The van der Waals surface area contributed by atoms with Crippen LogP contribution in [0.25, 0.3) is 0 Å². The van der Waals surface area contributed by atoms with E-state index in [0.717, 1.165) is 12.8 Å². The van der Waals surface area contributed by atoms with Crippen LogP contribution in [0.3, 0.4) is 0 Å². The van der Waals surface area contributed by atoms with Gasteiger partial charge >= 0.3 is 6.18 Å². The third kappa shape index (κ3) is 4.84. The Morgan fingerprint density at radius 2 is 2.00 bits per heavy atom. The Balaban J connectivity index is 2.19. The number of hydrogen-bond donors (Lipinski definition) is 1. The van der Waals surface area contributed by atoms with Crippen LogP contribution < -0.4 is 0 Å². The van der Waals surface area contributed by atoms with Gasteiger partial charge in [0.05, 0.1) is 12.2 Å². The fraction of sp³-hybridized carbons (Fsp3) is 1.00. The fourth-order valence-electron chi connectivity index (χ4n) is 1.76. The first-order valence-corrected chi connectivity index (χ1v) is 5.21. The molecular weight excluding hydrogens is 209 g/mol. The van der Waals surface area contributed by atoms with Gasteiger partial charge in [0, 0.05) is 13.5 Å². The van der Waals surface area contributed by atoms with Crippen LogP contribution in [-0.2, 0) is 4.74 Å². The molecule has 0 aliphatic heterocycles. The van der Waals surface area contributed by atoms with Crippen molar-refractivity contribution < 1.29 is 23.0 Å². The highest BCUT2D eigenvalue weighted by atomic mass is 19.4. The van der Waals surface area contributed by atoms with Crippen LogP contribution in [0.15, 0.2) is 0 Å². The molecule has 15 heavy (non-hydrogen) atoms. The average Bonchev–Trinajstić information content (AvgIpc) is 2.87.